The number of unbranched alkanes of at least 4 members (excludes halogenated alkanes) is 1. The van der Waals surface area contributed by atoms with Crippen molar-refractivity contribution in [3.8, 4) is 5.75 Å². The number of benzene rings is 2. The molecule has 6 heteroatoms. The van der Waals surface area contributed by atoms with Gasteiger partial charge in [0, 0.05) is 29.8 Å². The highest BCUT2D eigenvalue weighted by molar-refractivity contribution is 7.91. The van der Waals surface area contributed by atoms with E-state index in [0.29, 0.717) is 18.7 Å². The van der Waals surface area contributed by atoms with E-state index >= 15 is 0 Å². The first-order valence-electron chi connectivity index (χ1n) is 9.40. The van der Waals surface area contributed by atoms with Crippen molar-refractivity contribution in [1.29, 1.82) is 0 Å². The molecule has 0 fully saturated rings. The van der Waals surface area contributed by atoms with Gasteiger partial charge in [0.1, 0.15) is 0 Å². The topological polar surface area (TPSA) is 57.6 Å². The summed E-state index contributed by atoms with van der Waals surface area (Å²) in [4.78, 5) is 1.89. The summed E-state index contributed by atoms with van der Waals surface area (Å²) in [6, 6.07) is 11.6. The normalized spacial score (nSPS) is 21.5. The molecular formula is C21H26FNO3S. The second-order valence-electron chi connectivity index (χ2n) is 7.41. The number of phenols is 1. The van der Waals surface area contributed by atoms with Crippen molar-refractivity contribution in [2.45, 2.75) is 44.4 Å². The molecule has 0 radical (unpaired) electrons. The summed E-state index contributed by atoms with van der Waals surface area (Å²) >= 11 is 0. The largest absolute Gasteiger partial charge is 0.505 e. The fraction of sp³-hybridized carbons (Fsp3) is 0.429. The van der Waals surface area contributed by atoms with Gasteiger partial charge in [-0.3, -0.25) is 0 Å². The summed E-state index contributed by atoms with van der Waals surface area (Å²) in [5, 5.41) is 9.83. The lowest BCUT2D eigenvalue weighted by Crippen LogP contribution is -2.37. The van der Waals surface area contributed by atoms with Gasteiger partial charge >= 0.3 is 0 Å². The van der Waals surface area contributed by atoms with Gasteiger partial charge in [0.05, 0.1) is 16.3 Å². The van der Waals surface area contributed by atoms with Crippen molar-refractivity contribution in [3.05, 3.63) is 48.3 Å². The second kappa shape index (κ2) is 7.50. The van der Waals surface area contributed by atoms with Gasteiger partial charge in [-0.25, -0.2) is 12.8 Å². The van der Waals surface area contributed by atoms with Crippen LogP contribution >= 0.6 is 0 Å². The number of hydrogen-bond acceptors (Lipinski definition) is 4. The Morgan fingerprint density at radius 2 is 1.89 bits per heavy atom. The zero-order valence-corrected chi connectivity index (χ0v) is 16.6. The Bertz CT molecular complexity index is 915. The van der Waals surface area contributed by atoms with Crippen LogP contribution in [0.4, 0.5) is 15.8 Å². The Kier molecular flexibility index (Phi) is 5.47. The minimum Gasteiger partial charge on any atom is -0.505 e. The molecule has 0 amide bonds. The number of halogens is 1. The molecule has 1 aliphatic heterocycles. The summed E-state index contributed by atoms with van der Waals surface area (Å²) < 4.78 is 40.6. The van der Waals surface area contributed by atoms with Crippen LogP contribution in [0.25, 0.3) is 0 Å². The maximum Gasteiger partial charge on any atom is 0.181 e. The average Bonchev–Trinajstić information content (AvgIpc) is 2.75. The lowest BCUT2D eigenvalue weighted by Gasteiger charge is -2.36. The first kappa shape index (κ1) is 19.7. The van der Waals surface area contributed by atoms with Crippen LogP contribution in [0, 0.1) is 11.2 Å². The van der Waals surface area contributed by atoms with E-state index in [1.165, 1.54) is 0 Å². The molecule has 0 aliphatic carbocycles. The third-order valence-electron chi connectivity index (χ3n) is 5.52. The molecule has 4 nitrogen and oxygen atoms in total. The fourth-order valence-corrected chi connectivity index (χ4v) is 6.05. The minimum absolute atomic E-state index is 0.00208. The highest BCUT2D eigenvalue weighted by Crippen LogP contribution is 2.45. The smallest absolute Gasteiger partial charge is 0.181 e. The molecule has 2 aromatic carbocycles. The van der Waals surface area contributed by atoms with Gasteiger partial charge in [0.25, 0.3) is 0 Å². The summed E-state index contributed by atoms with van der Waals surface area (Å²) in [5.41, 5.74) is 0.675. The Balaban J connectivity index is 2.24. The van der Waals surface area contributed by atoms with Crippen molar-refractivity contribution >= 4 is 21.2 Å². The lowest BCUT2D eigenvalue weighted by atomic mass is 9.81. The number of sulfone groups is 1. The van der Waals surface area contributed by atoms with Gasteiger partial charge in [0.2, 0.25) is 0 Å². The van der Waals surface area contributed by atoms with Crippen LogP contribution in [-0.4, -0.2) is 25.8 Å². The standard InChI is InChI=1S/C21H26FNO3S/c1-3-5-11-21(4-2)14-23(16-9-7-6-8-10-16)18-12-17(22)19(24)13-20(18)27(25,26)15-21/h6-10,12-13,24H,3-5,11,14-15H2,1-2H3. The van der Waals surface area contributed by atoms with E-state index in [9.17, 15) is 17.9 Å². The number of nitrogens with zero attached hydrogens (tertiary/aromatic N) is 1. The van der Waals surface area contributed by atoms with Crippen LogP contribution in [0.2, 0.25) is 0 Å². The molecule has 0 spiro atoms. The molecule has 1 heterocycles. The average molecular weight is 392 g/mol. The number of aromatic hydroxyl groups is 1. The number of fused-ring (bicyclic) bond motifs is 1. The highest BCUT2D eigenvalue weighted by atomic mass is 32.2. The van der Waals surface area contributed by atoms with Crippen molar-refractivity contribution in [1.82, 2.24) is 0 Å². The second-order valence-corrected chi connectivity index (χ2v) is 9.37. The maximum absolute atomic E-state index is 14.2. The molecule has 0 saturated carbocycles. The quantitative estimate of drug-likeness (QED) is 0.725. The van der Waals surface area contributed by atoms with Crippen LogP contribution in [-0.2, 0) is 9.84 Å². The van der Waals surface area contributed by atoms with E-state index in [1.807, 2.05) is 42.2 Å². The molecule has 1 aliphatic rings. The van der Waals surface area contributed by atoms with Crippen molar-refractivity contribution in [2.24, 2.45) is 5.41 Å². The van der Waals surface area contributed by atoms with Crippen molar-refractivity contribution in [2.75, 3.05) is 17.2 Å². The summed E-state index contributed by atoms with van der Waals surface area (Å²) in [6.07, 6.45) is 3.40. The third kappa shape index (κ3) is 3.81. The van der Waals surface area contributed by atoms with Crippen LogP contribution < -0.4 is 4.90 Å². The monoisotopic (exact) mass is 391 g/mol. The Hall–Kier alpha value is -2.08. The first-order chi connectivity index (χ1) is 12.8. The molecule has 0 saturated heterocycles. The number of phenolic OH excluding ortho intramolecular Hbond substituents is 1. The Labute approximate surface area is 160 Å². The molecule has 2 aromatic rings. The van der Waals surface area contributed by atoms with E-state index in [-0.39, 0.29) is 10.6 Å². The van der Waals surface area contributed by atoms with Crippen molar-refractivity contribution in [3.63, 3.8) is 0 Å². The molecule has 1 atom stereocenters. The van der Waals surface area contributed by atoms with Gasteiger partial charge in [-0.1, -0.05) is 44.9 Å². The molecular weight excluding hydrogens is 365 g/mol. The number of rotatable bonds is 5. The SMILES string of the molecule is CCCCC1(CC)CN(c2ccccc2)c2cc(F)c(O)cc2S(=O)(=O)C1. The molecule has 146 valence electrons. The molecule has 1 N–H and O–H groups in total. The van der Waals surface area contributed by atoms with E-state index in [2.05, 4.69) is 6.92 Å². The van der Waals surface area contributed by atoms with Crippen molar-refractivity contribution < 1.29 is 17.9 Å². The van der Waals surface area contributed by atoms with E-state index < -0.39 is 26.8 Å². The minimum atomic E-state index is -3.68. The van der Waals surface area contributed by atoms with Gasteiger partial charge in [-0.15, -0.1) is 0 Å². The van der Waals surface area contributed by atoms with Crippen LogP contribution in [0.1, 0.15) is 39.5 Å². The summed E-state index contributed by atoms with van der Waals surface area (Å²) in [6.45, 7) is 4.60. The zero-order chi connectivity index (χ0) is 19.7. The van der Waals surface area contributed by atoms with Crippen LogP contribution in [0.5, 0.6) is 5.75 Å². The number of anilines is 2. The molecule has 0 aromatic heterocycles. The van der Waals surface area contributed by atoms with E-state index in [1.54, 1.807) is 0 Å². The first-order valence-corrected chi connectivity index (χ1v) is 11.0. The van der Waals surface area contributed by atoms with Gasteiger partial charge in [-0.2, -0.15) is 0 Å². The van der Waals surface area contributed by atoms with E-state index in [0.717, 1.165) is 37.1 Å². The maximum atomic E-state index is 14.2. The molecule has 3 rings (SSSR count). The zero-order valence-electron chi connectivity index (χ0n) is 15.8. The van der Waals surface area contributed by atoms with Crippen LogP contribution in [0.3, 0.4) is 0 Å². The lowest BCUT2D eigenvalue weighted by molar-refractivity contribution is 0.290. The fourth-order valence-electron chi connectivity index (χ4n) is 3.87. The van der Waals surface area contributed by atoms with Crippen LogP contribution in [0.15, 0.2) is 47.4 Å². The Morgan fingerprint density at radius 3 is 2.52 bits per heavy atom. The van der Waals surface area contributed by atoms with E-state index in [4.69, 9.17) is 0 Å². The number of hydrogen-bond donors (Lipinski definition) is 1. The third-order valence-corrected chi connectivity index (χ3v) is 7.51. The summed E-state index contributed by atoms with van der Waals surface area (Å²) in [5.74, 6) is -1.46. The van der Waals surface area contributed by atoms with Gasteiger partial charge in [-0.05, 0) is 25.0 Å². The molecule has 0 bridgehead atoms. The predicted octanol–water partition coefficient (Wildman–Crippen LogP) is 5.04. The number of para-hydroxylation sites is 1. The highest BCUT2D eigenvalue weighted by Gasteiger charge is 2.41. The summed E-state index contributed by atoms with van der Waals surface area (Å²) in [7, 11) is -3.68. The van der Waals surface area contributed by atoms with Gasteiger partial charge in [0.15, 0.2) is 21.4 Å². The predicted molar refractivity (Wildman–Crippen MR) is 106 cm³/mol. The van der Waals surface area contributed by atoms with Gasteiger partial charge < -0.3 is 10.0 Å². The molecule has 1 unspecified atom stereocenters. The molecule has 27 heavy (non-hydrogen) atoms. The Morgan fingerprint density at radius 1 is 1.19 bits per heavy atom.